The highest BCUT2D eigenvalue weighted by molar-refractivity contribution is 9.10. The summed E-state index contributed by atoms with van der Waals surface area (Å²) in [5.41, 5.74) is 2.23. The number of rotatable bonds is 7. The van der Waals surface area contributed by atoms with Gasteiger partial charge in [-0.05, 0) is 26.0 Å². The van der Waals surface area contributed by atoms with Crippen LogP contribution in [0.4, 0.5) is 5.69 Å². The summed E-state index contributed by atoms with van der Waals surface area (Å²) in [7, 11) is 1.70. The molecule has 1 N–H and O–H groups in total. The second-order valence-corrected chi connectivity index (χ2v) is 4.90. The van der Waals surface area contributed by atoms with Gasteiger partial charge in [-0.1, -0.05) is 22.0 Å². The number of anilines is 1. The molecule has 0 saturated carbocycles. The molecule has 0 radical (unpaired) electrons. The number of methoxy groups -OCH3 is 1. The molecule has 0 saturated heterocycles. The molecule has 0 aromatic heterocycles. The van der Waals surface area contributed by atoms with E-state index in [0.29, 0.717) is 13.2 Å². The molecule has 1 rings (SSSR count). The molecule has 0 fully saturated rings. The molecule has 0 heterocycles. The Morgan fingerprint density at radius 2 is 2.12 bits per heavy atom. The van der Waals surface area contributed by atoms with Gasteiger partial charge in [-0.3, -0.25) is 0 Å². The van der Waals surface area contributed by atoms with Gasteiger partial charge in [0.1, 0.15) is 0 Å². The maximum Gasteiger partial charge on any atom is 0.0744 e. The monoisotopic (exact) mass is 301 g/mol. The molecule has 0 aliphatic heterocycles. The number of hydrogen-bond acceptors (Lipinski definition) is 3. The fourth-order valence-electron chi connectivity index (χ4n) is 1.50. The smallest absolute Gasteiger partial charge is 0.0744 e. The van der Waals surface area contributed by atoms with Gasteiger partial charge in [0.2, 0.25) is 0 Å². The summed E-state index contributed by atoms with van der Waals surface area (Å²) in [6, 6.07) is 6.08. The summed E-state index contributed by atoms with van der Waals surface area (Å²) in [6.45, 7) is 6.17. The lowest BCUT2D eigenvalue weighted by molar-refractivity contribution is 0.0870. The standard InChI is InChI=1S/C13H20BrNO2/c1-10(2)17-8-7-15-13-6-4-5-12(14)11(13)9-16-3/h4-6,10,15H,7-9H2,1-3H3. The Hall–Kier alpha value is -0.580. The zero-order valence-corrected chi connectivity index (χ0v) is 12.2. The van der Waals surface area contributed by atoms with E-state index in [1.54, 1.807) is 7.11 Å². The van der Waals surface area contributed by atoms with Crippen molar-refractivity contribution >= 4 is 21.6 Å². The van der Waals surface area contributed by atoms with Crippen LogP contribution in [0, 0.1) is 0 Å². The minimum atomic E-state index is 0.276. The summed E-state index contributed by atoms with van der Waals surface area (Å²) in [5.74, 6) is 0. The van der Waals surface area contributed by atoms with Gasteiger partial charge >= 0.3 is 0 Å². The van der Waals surface area contributed by atoms with E-state index in [9.17, 15) is 0 Å². The van der Waals surface area contributed by atoms with Gasteiger partial charge in [0.05, 0.1) is 19.3 Å². The Morgan fingerprint density at radius 3 is 2.76 bits per heavy atom. The van der Waals surface area contributed by atoms with E-state index in [2.05, 4.69) is 27.3 Å². The predicted molar refractivity (Wildman–Crippen MR) is 74.4 cm³/mol. The van der Waals surface area contributed by atoms with Gasteiger partial charge in [0.25, 0.3) is 0 Å². The molecule has 0 aliphatic rings. The van der Waals surface area contributed by atoms with Gasteiger partial charge in [-0.2, -0.15) is 0 Å². The van der Waals surface area contributed by atoms with E-state index in [-0.39, 0.29) is 6.10 Å². The number of halogens is 1. The van der Waals surface area contributed by atoms with Crippen molar-refractivity contribution in [2.45, 2.75) is 26.6 Å². The molecule has 17 heavy (non-hydrogen) atoms. The fraction of sp³-hybridized carbons (Fsp3) is 0.538. The van der Waals surface area contributed by atoms with Crippen molar-refractivity contribution in [3.63, 3.8) is 0 Å². The van der Waals surface area contributed by atoms with Crippen molar-refractivity contribution in [1.29, 1.82) is 0 Å². The normalized spacial score (nSPS) is 10.9. The fourth-order valence-corrected chi connectivity index (χ4v) is 1.98. The lowest BCUT2D eigenvalue weighted by atomic mass is 10.2. The molecular formula is C13H20BrNO2. The van der Waals surface area contributed by atoms with Crippen LogP contribution in [0.5, 0.6) is 0 Å². The number of ether oxygens (including phenoxy) is 2. The zero-order chi connectivity index (χ0) is 12.7. The first-order valence-electron chi connectivity index (χ1n) is 5.77. The van der Waals surface area contributed by atoms with Gasteiger partial charge in [0.15, 0.2) is 0 Å². The zero-order valence-electron chi connectivity index (χ0n) is 10.6. The molecule has 0 spiro atoms. The summed E-state index contributed by atoms with van der Waals surface area (Å²) in [5, 5.41) is 3.36. The minimum absolute atomic E-state index is 0.276. The minimum Gasteiger partial charge on any atom is -0.382 e. The van der Waals surface area contributed by atoms with Crippen molar-refractivity contribution in [2.24, 2.45) is 0 Å². The molecule has 1 aromatic carbocycles. The van der Waals surface area contributed by atoms with Gasteiger partial charge < -0.3 is 14.8 Å². The molecule has 4 heteroatoms. The molecule has 3 nitrogen and oxygen atoms in total. The summed E-state index contributed by atoms with van der Waals surface area (Å²) < 4.78 is 11.7. The van der Waals surface area contributed by atoms with Crippen LogP contribution >= 0.6 is 15.9 Å². The van der Waals surface area contributed by atoms with E-state index < -0.39 is 0 Å². The third-order valence-corrected chi connectivity index (χ3v) is 3.02. The highest BCUT2D eigenvalue weighted by Crippen LogP contribution is 2.25. The van der Waals surface area contributed by atoms with Crippen LogP contribution in [-0.2, 0) is 16.1 Å². The van der Waals surface area contributed by atoms with E-state index in [0.717, 1.165) is 22.3 Å². The Labute approximate surface area is 112 Å². The van der Waals surface area contributed by atoms with Gasteiger partial charge in [0, 0.05) is 29.4 Å². The lowest BCUT2D eigenvalue weighted by Gasteiger charge is -2.14. The Balaban J connectivity index is 2.54. The molecule has 0 unspecified atom stereocenters. The number of benzene rings is 1. The quantitative estimate of drug-likeness (QED) is 0.783. The first-order chi connectivity index (χ1) is 8.15. The van der Waals surface area contributed by atoms with Crippen LogP contribution in [-0.4, -0.2) is 26.4 Å². The first-order valence-corrected chi connectivity index (χ1v) is 6.56. The molecule has 96 valence electrons. The van der Waals surface area contributed by atoms with Gasteiger partial charge in [-0.15, -0.1) is 0 Å². The van der Waals surface area contributed by atoms with Crippen LogP contribution in [0.2, 0.25) is 0 Å². The summed E-state index contributed by atoms with van der Waals surface area (Å²) in [6.07, 6.45) is 0.276. The van der Waals surface area contributed by atoms with Crippen LogP contribution in [0.25, 0.3) is 0 Å². The molecular weight excluding hydrogens is 282 g/mol. The van der Waals surface area contributed by atoms with Crippen molar-refractivity contribution in [1.82, 2.24) is 0 Å². The van der Waals surface area contributed by atoms with E-state index in [4.69, 9.17) is 9.47 Å². The Kier molecular flexibility index (Phi) is 6.55. The van der Waals surface area contributed by atoms with Crippen LogP contribution in [0.15, 0.2) is 22.7 Å². The van der Waals surface area contributed by atoms with Crippen molar-refractivity contribution < 1.29 is 9.47 Å². The van der Waals surface area contributed by atoms with Crippen LogP contribution in [0.3, 0.4) is 0 Å². The molecule has 0 amide bonds. The second kappa shape index (κ2) is 7.69. The maximum atomic E-state index is 5.49. The average Bonchev–Trinajstić information content (AvgIpc) is 2.28. The largest absolute Gasteiger partial charge is 0.382 e. The SMILES string of the molecule is COCc1c(Br)cccc1NCCOC(C)C. The molecule has 0 bridgehead atoms. The third kappa shape index (κ3) is 5.06. The van der Waals surface area contributed by atoms with Crippen molar-refractivity contribution in [2.75, 3.05) is 25.6 Å². The first kappa shape index (κ1) is 14.5. The number of hydrogen-bond donors (Lipinski definition) is 1. The Morgan fingerprint density at radius 1 is 1.35 bits per heavy atom. The highest BCUT2D eigenvalue weighted by Gasteiger charge is 2.05. The topological polar surface area (TPSA) is 30.5 Å². The Bertz CT molecular complexity index is 342. The van der Waals surface area contributed by atoms with E-state index in [1.165, 1.54) is 0 Å². The third-order valence-electron chi connectivity index (χ3n) is 2.28. The molecule has 0 atom stereocenters. The predicted octanol–water partition coefficient (Wildman–Crippen LogP) is 3.43. The van der Waals surface area contributed by atoms with Crippen molar-refractivity contribution in [3.8, 4) is 0 Å². The highest BCUT2D eigenvalue weighted by atomic mass is 79.9. The van der Waals surface area contributed by atoms with Crippen molar-refractivity contribution in [3.05, 3.63) is 28.2 Å². The maximum absolute atomic E-state index is 5.49. The average molecular weight is 302 g/mol. The molecule has 0 aliphatic carbocycles. The number of nitrogens with one attached hydrogen (secondary N) is 1. The summed E-state index contributed by atoms with van der Waals surface area (Å²) in [4.78, 5) is 0. The molecule has 1 aromatic rings. The van der Waals surface area contributed by atoms with Crippen LogP contribution < -0.4 is 5.32 Å². The second-order valence-electron chi connectivity index (χ2n) is 4.05. The van der Waals surface area contributed by atoms with Crippen LogP contribution in [0.1, 0.15) is 19.4 Å². The lowest BCUT2D eigenvalue weighted by Crippen LogP contribution is -2.14. The summed E-state index contributed by atoms with van der Waals surface area (Å²) >= 11 is 3.53. The van der Waals surface area contributed by atoms with E-state index in [1.807, 2.05) is 26.0 Å². The van der Waals surface area contributed by atoms with E-state index >= 15 is 0 Å². The van der Waals surface area contributed by atoms with Gasteiger partial charge in [-0.25, -0.2) is 0 Å².